The van der Waals surface area contributed by atoms with Gasteiger partial charge >= 0.3 is 5.97 Å². The molecule has 0 bridgehead atoms. The molecule has 6 nitrogen and oxygen atoms in total. The van der Waals surface area contributed by atoms with E-state index in [4.69, 9.17) is 4.74 Å². The Hall–Kier alpha value is -1.76. The molecular formula is C8H7N3O3S. The number of esters is 1. The molecule has 0 N–H and O–H groups in total. The van der Waals surface area contributed by atoms with E-state index in [9.17, 15) is 9.59 Å². The molecule has 0 atom stereocenters. The smallest absolute Gasteiger partial charge is 0.357 e. The van der Waals surface area contributed by atoms with Gasteiger partial charge in [-0.1, -0.05) is 11.3 Å². The first-order chi connectivity index (χ1) is 7.22. The molecule has 0 radical (unpaired) electrons. The minimum atomic E-state index is -0.592. The van der Waals surface area contributed by atoms with Gasteiger partial charge in [-0.15, -0.1) is 0 Å². The average molecular weight is 225 g/mol. The van der Waals surface area contributed by atoms with Gasteiger partial charge in [0.25, 0.3) is 5.56 Å². The molecule has 0 amide bonds. The van der Waals surface area contributed by atoms with Gasteiger partial charge in [-0.05, 0) is 6.92 Å². The first kappa shape index (κ1) is 9.78. The first-order valence-electron chi connectivity index (χ1n) is 4.23. The largest absolute Gasteiger partial charge is 0.461 e. The summed E-state index contributed by atoms with van der Waals surface area (Å²) in [5.41, 5.74) is 1.12. The summed E-state index contributed by atoms with van der Waals surface area (Å²) in [6.45, 7) is 1.94. The van der Waals surface area contributed by atoms with E-state index in [1.807, 2.05) is 0 Å². The van der Waals surface area contributed by atoms with Gasteiger partial charge in [0.1, 0.15) is 5.51 Å². The molecule has 0 fully saturated rings. The zero-order valence-electron chi connectivity index (χ0n) is 7.84. The summed E-state index contributed by atoms with van der Waals surface area (Å²) in [5.74, 6) is -0.592. The third-order valence-corrected chi connectivity index (χ3v) is 2.35. The Balaban J connectivity index is 2.54. The van der Waals surface area contributed by atoms with Crippen LogP contribution in [0.5, 0.6) is 0 Å². The van der Waals surface area contributed by atoms with Gasteiger partial charge in [-0.25, -0.2) is 9.78 Å². The van der Waals surface area contributed by atoms with Gasteiger partial charge in [-0.3, -0.25) is 4.79 Å². The summed E-state index contributed by atoms with van der Waals surface area (Å²) in [6, 6.07) is 1.12. The predicted molar refractivity (Wildman–Crippen MR) is 53.1 cm³/mol. The van der Waals surface area contributed by atoms with Crippen LogP contribution in [0.25, 0.3) is 4.96 Å². The second-order valence-corrected chi connectivity index (χ2v) is 3.44. The molecule has 7 heteroatoms. The molecule has 0 aromatic carbocycles. The Morgan fingerprint density at radius 1 is 1.67 bits per heavy atom. The molecule has 0 saturated carbocycles. The number of rotatable bonds is 2. The van der Waals surface area contributed by atoms with Gasteiger partial charge in [0, 0.05) is 6.07 Å². The van der Waals surface area contributed by atoms with E-state index < -0.39 is 5.97 Å². The van der Waals surface area contributed by atoms with Crippen molar-refractivity contribution in [2.45, 2.75) is 6.92 Å². The quantitative estimate of drug-likeness (QED) is 0.688. The fourth-order valence-corrected chi connectivity index (χ4v) is 1.69. The van der Waals surface area contributed by atoms with Crippen molar-refractivity contribution in [1.82, 2.24) is 14.6 Å². The molecule has 0 unspecified atom stereocenters. The van der Waals surface area contributed by atoms with Gasteiger partial charge in [-0.2, -0.15) is 9.61 Å². The van der Waals surface area contributed by atoms with E-state index in [0.29, 0.717) is 4.96 Å². The number of fused-ring (bicyclic) bond motifs is 1. The SMILES string of the molecule is CCOC(=O)c1cc(=O)n2ncsc2n1. The first-order valence-corrected chi connectivity index (χ1v) is 5.11. The second-order valence-electron chi connectivity index (χ2n) is 2.63. The number of carbonyl (C=O) groups excluding carboxylic acids is 1. The lowest BCUT2D eigenvalue weighted by Gasteiger charge is -1.99. The molecule has 0 aliphatic heterocycles. The minimum Gasteiger partial charge on any atom is -0.461 e. The summed E-state index contributed by atoms with van der Waals surface area (Å²) < 4.78 is 5.88. The molecule has 78 valence electrons. The molecule has 2 aromatic rings. The highest BCUT2D eigenvalue weighted by Gasteiger charge is 2.12. The van der Waals surface area contributed by atoms with E-state index in [1.54, 1.807) is 6.92 Å². The van der Waals surface area contributed by atoms with E-state index in [0.717, 1.165) is 10.6 Å². The van der Waals surface area contributed by atoms with Crippen LogP contribution in [0.2, 0.25) is 0 Å². The molecule has 2 heterocycles. The van der Waals surface area contributed by atoms with E-state index in [1.165, 1.54) is 16.8 Å². The summed E-state index contributed by atoms with van der Waals surface area (Å²) in [6.07, 6.45) is 0. The third kappa shape index (κ3) is 1.73. The fraction of sp³-hybridized carbons (Fsp3) is 0.250. The summed E-state index contributed by atoms with van der Waals surface area (Å²) in [7, 11) is 0. The summed E-state index contributed by atoms with van der Waals surface area (Å²) >= 11 is 1.18. The molecule has 2 rings (SSSR count). The van der Waals surface area contributed by atoms with Gasteiger partial charge < -0.3 is 4.74 Å². The predicted octanol–water partition coefficient (Wildman–Crippen LogP) is 0.328. The maximum absolute atomic E-state index is 11.4. The van der Waals surface area contributed by atoms with Crippen molar-refractivity contribution >= 4 is 22.3 Å². The van der Waals surface area contributed by atoms with Gasteiger partial charge in [0.2, 0.25) is 4.96 Å². The highest BCUT2D eigenvalue weighted by molar-refractivity contribution is 7.14. The maximum Gasteiger partial charge on any atom is 0.357 e. The molecule has 2 aromatic heterocycles. The van der Waals surface area contributed by atoms with Crippen LogP contribution in [-0.4, -0.2) is 27.2 Å². The Labute approximate surface area is 88.1 Å². The van der Waals surface area contributed by atoms with Crippen molar-refractivity contribution in [3.63, 3.8) is 0 Å². The van der Waals surface area contributed by atoms with E-state index >= 15 is 0 Å². The van der Waals surface area contributed by atoms with E-state index in [-0.39, 0.29) is 17.9 Å². The summed E-state index contributed by atoms with van der Waals surface area (Å²) in [5, 5.41) is 3.77. The highest BCUT2D eigenvalue weighted by Crippen LogP contribution is 2.04. The lowest BCUT2D eigenvalue weighted by atomic mass is 10.4. The Bertz CT molecular complexity index is 560. The van der Waals surface area contributed by atoms with Crippen LogP contribution in [0, 0.1) is 0 Å². The zero-order chi connectivity index (χ0) is 10.8. The average Bonchev–Trinajstić information content (AvgIpc) is 2.66. The number of hydrogen-bond donors (Lipinski definition) is 0. The molecule has 0 spiro atoms. The normalized spacial score (nSPS) is 10.5. The number of nitrogens with zero attached hydrogens (tertiary/aromatic N) is 3. The maximum atomic E-state index is 11.4. The second kappa shape index (κ2) is 3.77. The third-order valence-electron chi connectivity index (χ3n) is 1.67. The minimum absolute atomic E-state index is 0.0195. The van der Waals surface area contributed by atoms with E-state index in [2.05, 4.69) is 10.1 Å². The van der Waals surface area contributed by atoms with Crippen molar-refractivity contribution in [1.29, 1.82) is 0 Å². The van der Waals surface area contributed by atoms with Crippen LogP contribution in [0.1, 0.15) is 17.4 Å². The van der Waals surface area contributed by atoms with Gasteiger partial charge in [0.05, 0.1) is 6.61 Å². The number of carbonyl (C=O) groups is 1. The molecule has 0 aliphatic carbocycles. The van der Waals surface area contributed by atoms with Crippen molar-refractivity contribution in [2.24, 2.45) is 0 Å². The number of hydrogen-bond acceptors (Lipinski definition) is 6. The lowest BCUT2D eigenvalue weighted by Crippen LogP contribution is -2.18. The standard InChI is InChI=1S/C8H7N3O3S/c1-2-14-7(13)5-3-6(12)11-8(10-5)15-4-9-11/h3-4H,2H2,1H3. The lowest BCUT2D eigenvalue weighted by molar-refractivity contribution is 0.0519. The molecule has 15 heavy (non-hydrogen) atoms. The highest BCUT2D eigenvalue weighted by atomic mass is 32.1. The Morgan fingerprint density at radius 3 is 3.20 bits per heavy atom. The molecule has 0 aliphatic rings. The van der Waals surface area contributed by atoms with Crippen LogP contribution in [0.15, 0.2) is 16.4 Å². The number of aromatic nitrogens is 3. The van der Waals surface area contributed by atoms with Crippen molar-refractivity contribution in [3.8, 4) is 0 Å². The zero-order valence-corrected chi connectivity index (χ0v) is 8.65. The van der Waals surface area contributed by atoms with Gasteiger partial charge in [0.15, 0.2) is 5.69 Å². The van der Waals surface area contributed by atoms with Crippen LogP contribution >= 0.6 is 11.3 Å². The van der Waals surface area contributed by atoms with Crippen LogP contribution in [-0.2, 0) is 4.74 Å². The number of ether oxygens (including phenoxy) is 1. The van der Waals surface area contributed by atoms with Crippen molar-refractivity contribution < 1.29 is 9.53 Å². The Kier molecular flexibility index (Phi) is 2.46. The topological polar surface area (TPSA) is 73.6 Å². The monoisotopic (exact) mass is 225 g/mol. The molecular weight excluding hydrogens is 218 g/mol. The van der Waals surface area contributed by atoms with Crippen LogP contribution < -0.4 is 5.56 Å². The van der Waals surface area contributed by atoms with Crippen LogP contribution in [0.3, 0.4) is 0 Å². The van der Waals surface area contributed by atoms with Crippen LogP contribution in [0.4, 0.5) is 0 Å². The molecule has 0 saturated heterocycles. The van der Waals surface area contributed by atoms with Crippen molar-refractivity contribution in [2.75, 3.05) is 6.61 Å². The summed E-state index contributed by atoms with van der Waals surface area (Å²) in [4.78, 5) is 27.1. The fourth-order valence-electron chi connectivity index (χ4n) is 1.07. The van der Waals surface area contributed by atoms with Crippen molar-refractivity contribution in [3.05, 3.63) is 27.6 Å². The Morgan fingerprint density at radius 2 is 2.47 bits per heavy atom.